The Morgan fingerprint density at radius 3 is 3.29 bits per heavy atom. The summed E-state index contributed by atoms with van der Waals surface area (Å²) in [6.07, 6.45) is 1.61. The number of carbonyl (C=O) groups is 1. The number of rotatable bonds is 4. The van der Waals surface area contributed by atoms with Gasteiger partial charge in [0.15, 0.2) is 0 Å². The SMILES string of the molecule is C[C@@H]1CNCCN1CC(=O)NCc1ccco1. The van der Waals surface area contributed by atoms with Gasteiger partial charge in [-0.1, -0.05) is 0 Å². The second-order valence-electron chi connectivity index (χ2n) is 4.38. The molecule has 5 nitrogen and oxygen atoms in total. The summed E-state index contributed by atoms with van der Waals surface area (Å²) < 4.78 is 5.16. The summed E-state index contributed by atoms with van der Waals surface area (Å²) in [4.78, 5) is 13.9. The van der Waals surface area contributed by atoms with Crippen molar-refractivity contribution in [1.29, 1.82) is 0 Å². The van der Waals surface area contributed by atoms with Crippen LogP contribution in [0.5, 0.6) is 0 Å². The topological polar surface area (TPSA) is 57.5 Å². The van der Waals surface area contributed by atoms with E-state index in [1.807, 2.05) is 12.1 Å². The third kappa shape index (κ3) is 3.57. The molecule has 17 heavy (non-hydrogen) atoms. The number of nitrogens with one attached hydrogen (secondary N) is 2. The van der Waals surface area contributed by atoms with Crippen molar-refractivity contribution >= 4 is 5.91 Å². The molecular formula is C12H19N3O2. The molecule has 1 aromatic rings. The van der Waals surface area contributed by atoms with E-state index in [0.29, 0.717) is 19.1 Å². The molecule has 2 N–H and O–H groups in total. The Morgan fingerprint density at radius 2 is 2.59 bits per heavy atom. The van der Waals surface area contributed by atoms with Crippen molar-refractivity contribution in [2.45, 2.75) is 19.5 Å². The molecule has 94 valence electrons. The first-order valence-corrected chi connectivity index (χ1v) is 5.99. The van der Waals surface area contributed by atoms with Gasteiger partial charge < -0.3 is 15.1 Å². The van der Waals surface area contributed by atoms with Gasteiger partial charge in [0.2, 0.25) is 5.91 Å². The molecule has 1 aromatic heterocycles. The van der Waals surface area contributed by atoms with Crippen molar-refractivity contribution in [1.82, 2.24) is 15.5 Å². The van der Waals surface area contributed by atoms with Crippen LogP contribution in [-0.2, 0) is 11.3 Å². The summed E-state index contributed by atoms with van der Waals surface area (Å²) in [6.45, 7) is 5.89. The second kappa shape index (κ2) is 5.84. The molecule has 1 aliphatic heterocycles. The lowest BCUT2D eigenvalue weighted by molar-refractivity contribution is -0.123. The van der Waals surface area contributed by atoms with Gasteiger partial charge in [-0.3, -0.25) is 9.69 Å². The minimum Gasteiger partial charge on any atom is -0.467 e. The number of furan rings is 1. The summed E-state index contributed by atoms with van der Waals surface area (Å²) in [5.74, 6) is 0.835. The Labute approximate surface area is 101 Å². The third-order valence-electron chi connectivity index (χ3n) is 3.03. The highest BCUT2D eigenvalue weighted by Gasteiger charge is 2.19. The summed E-state index contributed by atoms with van der Waals surface area (Å²) in [7, 11) is 0. The Bertz CT molecular complexity index is 351. The number of nitrogens with zero attached hydrogens (tertiary/aromatic N) is 1. The summed E-state index contributed by atoms with van der Waals surface area (Å²) in [5.41, 5.74) is 0. The fourth-order valence-corrected chi connectivity index (χ4v) is 1.96. The molecule has 1 aliphatic rings. The Morgan fingerprint density at radius 1 is 1.71 bits per heavy atom. The van der Waals surface area contributed by atoms with Crippen LogP contribution in [0.2, 0.25) is 0 Å². The predicted molar refractivity (Wildman–Crippen MR) is 64.5 cm³/mol. The quantitative estimate of drug-likeness (QED) is 0.785. The van der Waals surface area contributed by atoms with E-state index in [9.17, 15) is 4.79 Å². The van der Waals surface area contributed by atoms with Crippen molar-refractivity contribution in [2.24, 2.45) is 0 Å². The minimum absolute atomic E-state index is 0.0511. The van der Waals surface area contributed by atoms with Crippen LogP contribution in [0.4, 0.5) is 0 Å². The van der Waals surface area contributed by atoms with E-state index in [0.717, 1.165) is 25.4 Å². The highest BCUT2D eigenvalue weighted by molar-refractivity contribution is 5.78. The number of hydrogen-bond donors (Lipinski definition) is 2. The van der Waals surface area contributed by atoms with Crippen LogP contribution in [0.1, 0.15) is 12.7 Å². The lowest BCUT2D eigenvalue weighted by Crippen LogP contribution is -2.52. The van der Waals surface area contributed by atoms with E-state index < -0.39 is 0 Å². The van der Waals surface area contributed by atoms with Crippen LogP contribution in [0, 0.1) is 0 Å². The Kier molecular flexibility index (Phi) is 4.17. The van der Waals surface area contributed by atoms with Crippen molar-refractivity contribution in [3.63, 3.8) is 0 Å². The molecule has 0 aliphatic carbocycles. The van der Waals surface area contributed by atoms with Crippen LogP contribution in [0.15, 0.2) is 22.8 Å². The van der Waals surface area contributed by atoms with Crippen LogP contribution in [0.3, 0.4) is 0 Å². The molecule has 1 saturated heterocycles. The molecule has 0 spiro atoms. The van der Waals surface area contributed by atoms with Crippen molar-refractivity contribution < 1.29 is 9.21 Å². The second-order valence-corrected chi connectivity index (χ2v) is 4.38. The highest BCUT2D eigenvalue weighted by Crippen LogP contribution is 2.02. The van der Waals surface area contributed by atoms with E-state index in [1.54, 1.807) is 6.26 Å². The van der Waals surface area contributed by atoms with Crippen molar-refractivity contribution in [2.75, 3.05) is 26.2 Å². The average Bonchev–Trinajstić information content (AvgIpc) is 2.82. The molecule has 0 aromatic carbocycles. The summed E-state index contributed by atoms with van der Waals surface area (Å²) in [6, 6.07) is 4.09. The lowest BCUT2D eigenvalue weighted by atomic mass is 10.2. The molecule has 0 saturated carbocycles. The molecule has 0 radical (unpaired) electrons. The predicted octanol–water partition coefficient (Wildman–Crippen LogP) is 0.190. The fraction of sp³-hybridized carbons (Fsp3) is 0.583. The summed E-state index contributed by atoms with van der Waals surface area (Å²) in [5, 5.41) is 6.16. The maximum absolute atomic E-state index is 11.7. The zero-order valence-corrected chi connectivity index (χ0v) is 10.1. The Hall–Kier alpha value is -1.33. The molecule has 5 heteroatoms. The van der Waals surface area contributed by atoms with Gasteiger partial charge in [0, 0.05) is 25.7 Å². The van der Waals surface area contributed by atoms with E-state index >= 15 is 0 Å². The highest BCUT2D eigenvalue weighted by atomic mass is 16.3. The molecule has 0 unspecified atom stereocenters. The number of carbonyl (C=O) groups excluding carboxylic acids is 1. The molecule has 1 atom stereocenters. The smallest absolute Gasteiger partial charge is 0.234 e. The number of amides is 1. The molecule has 2 heterocycles. The summed E-state index contributed by atoms with van der Waals surface area (Å²) >= 11 is 0. The van der Waals surface area contributed by atoms with Gasteiger partial charge in [-0.2, -0.15) is 0 Å². The zero-order valence-electron chi connectivity index (χ0n) is 10.1. The molecule has 1 fully saturated rings. The fourth-order valence-electron chi connectivity index (χ4n) is 1.96. The van der Waals surface area contributed by atoms with Gasteiger partial charge in [-0.15, -0.1) is 0 Å². The maximum Gasteiger partial charge on any atom is 0.234 e. The monoisotopic (exact) mass is 237 g/mol. The first-order valence-electron chi connectivity index (χ1n) is 5.99. The van der Waals surface area contributed by atoms with Crippen LogP contribution in [-0.4, -0.2) is 43.0 Å². The van der Waals surface area contributed by atoms with Crippen LogP contribution in [0.25, 0.3) is 0 Å². The third-order valence-corrected chi connectivity index (χ3v) is 3.03. The van der Waals surface area contributed by atoms with Gasteiger partial charge >= 0.3 is 0 Å². The van der Waals surface area contributed by atoms with Crippen molar-refractivity contribution in [3.05, 3.63) is 24.2 Å². The molecule has 1 amide bonds. The maximum atomic E-state index is 11.7. The lowest BCUT2D eigenvalue weighted by Gasteiger charge is -2.33. The number of hydrogen-bond acceptors (Lipinski definition) is 4. The van der Waals surface area contributed by atoms with E-state index in [2.05, 4.69) is 22.5 Å². The van der Waals surface area contributed by atoms with Gasteiger partial charge in [0.1, 0.15) is 5.76 Å². The standard InChI is InChI=1S/C12H19N3O2/c1-10-7-13-4-5-15(10)9-12(16)14-8-11-3-2-6-17-11/h2-3,6,10,13H,4-5,7-9H2,1H3,(H,14,16)/t10-/m1/s1. The zero-order chi connectivity index (χ0) is 12.1. The first-order chi connectivity index (χ1) is 8.25. The minimum atomic E-state index is 0.0511. The largest absolute Gasteiger partial charge is 0.467 e. The van der Waals surface area contributed by atoms with Crippen LogP contribution < -0.4 is 10.6 Å². The molecule has 2 rings (SSSR count). The van der Waals surface area contributed by atoms with E-state index in [4.69, 9.17) is 4.42 Å². The Balaban J connectivity index is 1.73. The first kappa shape index (κ1) is 12.1. The van der Waals surface area contributed by atoms with Crippen LogP contribution >= 0.6 is 0 Å². The van der Waals surface area contributed by atoms with Gasteiger partial charge in [0.05, 0.1) is 19.4 Å². The van der Waals surface area contributed by atoms with E-state index in [1.165, 1.54) is 0 Å². The van der Waals surface area contributed by atoms with Crippen molar-refractivity contribution in [3.8, 4) is 0 Å². The van der Waals surface area contributed by atoms with E-state index in [-0.39, 0.29) is 5.91 Å². The van der Waals surface area contributed by atoms with Gasteiger partial charge in [-0.25, -0.2) is 0 Å². The number of piperazine rings is 1. The average molecular weight is 237 g/mol. The molecule has 0 bridgehead atoms. The normalized spacial score (nSPS) is 21.4. The molecular weight excluding hydrogens is 218 g/mol. The van der Waals surface area contributed by atoms with Gasteiger partial charge in [-0.05, 0) is 19.1 Å². The van der Waals surface area contributed by atoms with Gasteiger partial charge in [0.25, 0.3) is 0 Å².